The Hall–Kier alpha value is -10.9. The Morgan fingerprint density at radius 3 is 0.911 bits per heavy atom. The number of fused-ring (bicyclic) bond motifs is 18. The van der Waals surface area contributed by atoms with Gasteiger partial charge < -0.3 is 13.7 Å². The predicted octanol–water partition coefficient (Wildman–Crippen LogP) is 21.7. The summed E-state index contributed by atoms with van der Waals surface area (Å²) in [5.41, 5.74) is 30.6. The van der Waals surface area contributed by atoms with E-state index in [2.05, 4.69) is 316 Å². The van der Waals surface area contributed by atoms with E-state index in [1.165, 1.54) is 127 Å². The Morgan fingerprint density at radius 1 is 0.233 bits per heavy atom. The molecular formula is C85H61N5. The van der Waals surface area contributed by atoms with Gasteiger partial charge in [0, 0.05) is 82.3 Å². The van der Waals surface area contributed by atoms with E-state index in [-0.39, 0.29) is 16.2 Å². The summed E-state index contributed by atoms with van der Waals surface area (Å²) in [5, 5.41) is 7.46. The summed E-state index contributed by atoms with van der Waals surface area (Å²) in [4.78, 5) is 11.3. The van der Waals surface area contributed by atoms with E-state index in [0.717, 1.165) is 50.7 Å². The van der Waals surface area contributed by atoms with Crippen molar-refractivity contribution in [2.45, 2.75) is 57.8 Å². The van der Waals surface area contributed by atoms with Gasteiger partial charge in [0.15, 0.2) is 5.82 Å². The van der Waals surface area contributed by atoms with E-state index in [4.69, 9.17) is 9.97 Å². The molecule has 3 aliphatic rings. The van der Waals surface area contributed by atoms with Gasteiger partial charge in [0.05, 0.1) is 44.5 Å². The van der Waals surface area contributed by atoms with Gasteiger partial charge in [-0.1, -0.05) is 205 Å². The number of hydrogen-bond donors (Lipinski definition) is 0. The first-order valence-corrected chi connectivity index (χ1v) is 31.6. The van der Waals surface area contributed by atoms with Crippen molar-refractivity contribution >= 4 is 65.4 Å². The van der Waals surface area contributed by atoms with E-state index in [0.29, 0.717) is 5.82 Å². The summed E-state index contributed by atoms with van der Waals surface area (Å²) in [5.74, 6) is 0.653. The maximum absolute atomic E-state index is 5.65. The third kappa shape index (κ3) is 6.97. The van der Waals surface area contributed by atoms with Gasteiger partial charge in [0.25, 0.3) is 0 Å². The largest absolute Gasteiger partial charge is 0.309 e. The van der Waals surface area contributed by atoms with Crippen molar-refractivity contribution in [1.29, 1.82) is 0 Å². The van der Waals surface area contributed by atoms with Crippen molar-refractivity contribution in [2.75, 3.05) is 0 Å². The van der Waals surface area contributed by atoms with Crippen LogP contribution in [0.3, 0.4) is 0 Å². The molecule has 0 spiro atoms. The lowest BCUT2D eigenvalue weighted by Gasteiger charge is -2.21. The summed E-state index contributed by atoms with van der Waals surface area (Å²) < 4.78 is 7.36. The van der Waals surface area contributed by atoms with Crippen LogP contribution in [0, 0.1) is 0 Å². The molecule has 0 atom stereocenters. The van der Waals surface area contributed by atoms with Gasteiger partial charge in [0.1, 0.15) is 0 Å². The number of rotatable bonds is 6. The van der Waals surface area contributed by atoms with Crippen LogP contribution in [0.1, 0.15) is 74.9 Å². The summed E-state index contributed by atoms with van der Waals surface area (Å²) in [6.45, 7) is 14.2. The van der Waals surface area contributed by atoms with Crippen molar-refractivity contribution in [3.8, 4) is 84.3 Å². The van der Waals surface area contributed by atoms with Crippen LogP contribution >= 0.6 is 0 Å². The van der Waals surface area contributed by atoms with E-state index in [1.807, 2.05) is 0 Å². The summed E-state index contributed by atoms with van der Waals surface area (Å²) in [7, 11) is 0. The quantitative estimate of drug-likeness (QED) is 0.166. The third-order valence-electron chi connectivity index (χ3n) is 21.0. The number of nitrogens with zero attached hydrogens (tertiary/aromatic N) is 5. The molecule has 0 amide bonds. The van der Waals surface area contributed by atoms with Crippen LogP contribution in [0.4, 0.5) is 0 Å². The van der Waals surface area contributed by atoms with E-state index >= 15 is 0 Å². The first-order valence-electron chi connectivity index (χ1n) is 31.6. The van der Waals surface area contributed by atoms with E-state index < -0.39 is 0 Å². The number of para-hydroxylation sites is 3. The average Bonchev–Trinajstić information content (AvgIpc) is 1.57. The zero-order valence-electron chi connectivity index (χ0n) is 51.1. The molecule has 19 rings (SSSR count). The van der Waals surface area contributed by atoms with E-state index in [9.17, 15) is 0 Å². The molecule has 16 aromatic rings. The molecule has 5 heteroatoms. The van der Waals surface area contributed by atoms with Crippen LogP contribution in [0.2, 0.25) is 0 Å². The lowest BCUT2D eigenvalue weighted by molar-refractivity contribution is 0.661. The van der Waals surface area contributed by atoms with Crippen LogP contribution in [0.5, 0.6) is 0 Å². The van der Waals surface area contributed by atoms with Gasteiger partial charge >= 0.3 is 0 Å². The molecule has 0 aliphatic heterocycles. The zero-order valence-corrected chi connectivity index (χ0v) is 51.1. The van der Waals surface area contributed by atoms with Gasteiger partial charge in [-0.25, -0.2) is 9.97 Å². The van der Waals surface area contributed by atoms with Gasteiger partial charge in [0.2, 0.25) is 0 Å². The molecule has 0 N–H and O–H groups in total. The van der Waals surface area contributed by atoms with Crippen LogP contribution in [-0.2, 0) is 16.2 Å². The first-order chi connectivity index (χ1) is 43.9. The normalized spacial score (nSPS) is 14.6. The molecule has 426 valence electrons. The second-order valence-electron chi connectivity index (χ2n) is 26.9. The van der Waals surface area contributed by atoms with Gasteiger partial charge in [-0.2, -0.15) is 0 Å². The Kier molecular flexibility index (Phi) is 10.3. The third-order valence-corrected chi connectivity index (χ3v) is 21.0. The second kappa shape index (κ2) is 18.1. The molecule has 0 unspecified atom stereocenters. The van der Waals surface area contributed by atoms with Crippen LogP contribution < -0.4 is 0 Å². The molecule has 3 aliphatic carbocycles. The minimum Gasteiger partial charge on any atom is -0.309 e. The molecule has 0 radical (unpaired) electrons. The minimum atomic E-state index is -0.121. The fourth-order valence-electron chi connectivity index (χ4n) is 16.6. The topological polar surface area (TPSA) is 40.6 Å². The van der Waals surface area contributed by atoms with Crippen molar-refractivity contribution < 1.29 is 0 Å². The molecule has 4 heterocycles. The molecule has 0 saturated carbocycles. The maximum atomic E-state index is 5.65. The van der Waals surface area contributed by atoms with Crippen molar-refractivity contribution in [1.82, 2.24) is 23.7 Å². The summed E-state index contributed by atoms with van der Waals surface area (Å²) >= 11 is 0. The number of hydrogen-bond acceptors (Lipinski definition) is 2. The molecule has 5 nitrogen and oxygen atoms in total. The molecule has 4 aromatic heterocycles. The molecular weight excluding hydrogens is 1090 g/mol. The predicted molar refractivity (Wildman–Crippen MR) is 374 cm³/mol. The first kappa shape index (κ1) is 51.2. The lowest BCUT2D eigenvalue weighted by atomic mass is 9.82. The van der Waals surface area contributed by atoms with Crippen molar-refractivity contribution in [2.24, 2.45) is 0 Å². The molecule has 0 saturated heterocycles. The molecule has 12 aromatic carbocycles. The second-order valence-corrected chi connectivity index (χ2v) is 26.9. The van der Waals surface area contributed by atoms with E-state index in [1.54, 1.807) is 0 Å². The summed E-state index contributed by atoms with van der Waals surface area (Å²) in [6, 6.07) is 97.2. The summed E-state index contributed by atoms with van der Waals surface area (Å²) in [6.07, 6.45) is 0. The average molecular weight is 1150 g/mol. The van der Waals surface area contributed by atoms with Gasteiger partial charge in [-0.3, -0.25) is 0 Å². The fraction of sp³-hybridized carbons (Fsp3) is 0.106. The Morgan fingerprint density at radius 2 is 0.544 bits per heavy atom. The van der Waals surface area contributed by atoms with Crippen molar-refractivity contribution in [3.05, 3.63) is 294 Å². The fourth-order valence-corrected chi connectivity index (χ4v) is 16.6. The Balaban J connectivity index is 0.811. The standard InChI is InChI=1S/C85H61N5/c1-83(2)68-34-13-7-28-56(68)62-46-79-65(43-71(62)83)59-31-10-16-37-76(59)88(79)53-25-19-22-50(40-53)74-49-75(51-23-20-26-54(41-51)89-77-38-17-11-32-60(77)66-44-72-63(47-80(66)89)57-29-8-14-35-69(57)84(72,3)4)87-82(86-74)52-24-21-27-55(42-52)90-78-39-18-12-33-61(78)67-45-73-64(48-81(67)90)58-30-9-15-36-70(58)85(73,5)6/h7-49H,1-6H3. The Bertz CT molecular complexity index is 5260. The van der Waals surface area contributed by atoms with Crippen molar-refractivity contribution in [3.63, 3.8) is 0 Å². The maximum Gasteiger partial charge on any atom is 0.160 e. The highest BCUT2D eigenvalue weighted by Crippen LogP contribution is 2.54. The van der Waals surface area contributed by atoms with Crippen LogP contribution in [-0.4, -0.2) is 23.7 Å². The Labute approximate surface area is 522 Å². The highest BCUT2D eigenvalue weighted by molar-refractivity contribution is 6.14. The minimum absolute atomic E-state index is 0.119. The zero-order chi connectivity index (χ0) is 60.1. The van der Waals surface area contributed by atoms with Gasteiger partial charge in [-0.05, 0) is 164 Å². The monoisotopic (exact) mass is 1150 g/mol. The molecule has 0 bridgehead atoms. The number of aromatic nitrogens is 5. The SMILES string of the molecule is CC1(C)c2ccccc2-c2cc3c(cc21)c1ccccc1n3-c1cccc(-c2cc(-c3cccc(-n4c5ccccc5c5cc6c(cc54)-c4ccccc4C6(C)C)c3)nc(-c3cccc(-n4c5ccccc5c5cc6c(cc54)-c4ccccc4C6(C)C)c3)n2)c1. The highest BCUT2D eigenvalue weighted by atomic mass is 15.0. The van der Waals surface area contributed by atoms with Crippen LogP contribution in [0.15, 0.2) is 261 Å². The van der Waals surface area contributed by atoms with Crippen LogP contribution in [0.25, 0.3) is 150 Å². The molecule has 0 fully saturated rings. The molecule has 90 heavy (non-hydrogen) atoms. The number of benzene rings is 12. The smallest absolute Gasteiger partial charge is 0.160 e. The lowest BCUT2D eigenvalue weighted by Crippen LogP contribution is -2.14. The highest BCUT2D eigenvalue weighted by Gasteiger charge is 2.39. The van der Waals surface area contributed by atoms with Gasteiger partial charge in [-0.15, -0.1) is 0 Å².